The monoisotopic (exact) mass is 332 g/mol. The van der Waals surface area contributed by atoms with Crippen molar-refractivity contribution in [2.75, 3.05) is 25.0 Å². The molecule has 1 aromatic rings. The second kappa shape index (κ2) is 6.71. The fourth-order valence-electron chi connectivity index (χ4n) is 2.69. The molecule has 0 radical (unpaired) electrons. The highest BCUT2D eigenvalue weighted by Crippen LogP contribution is 2.46. The number of likely N-dealkylation sites (tertiary alicyclic amines) is 1. The Morgan fingerprint density at radius 1 is 1.25 bits per heavy atom. The van der Waals surface area contributed by atoms with Crippen LogP contribution in [0.1, 0.15) is 34.6 Å². The molecule has 0 spiro atoms. The van der Waals surface area contributed by atoms with Gasteiger partial charge in [-0.15, -0.1) is 0 Å². The summed E-state index contributed by atoms with van der Waals surface area (Å²) >= 11 is 0. The zero-order valence-electron chi connectivity index (χ0n) is 15.2. The van der Waals surface area contributed by atoms with Crippen LogP contribution in [-0.4, -0.2) is 47.0 Å². The average molecular weight is 332 g/mol. The molecule has 0 atom stereocenters. The van der Waals surface area contributed by atoms with E-state index in [2.05, 4.69) is 48.2 Å². The molecule has 6 heteroatoms. The minimum atomic E-state index is -0.186. The lowest BCUT2D eigenvalue weighted by Crippen LogP contribution is -2.72. The van der Waals surface area contributed by atoms with Gasteiger partial charge in [0.25, 0.3) is 0 Å². The van der Waals surface area contributed by atoms with Crippen LogP contribution in [-0.2, 0) is 4.79 Å². The molecule has 132 valence electrons. The van der Waals surface area contributed by atoms with E-state index in [0.717, 1.165) is 19.0 Å². The lowest BCUT2D eigenvalue weighted by Gasteiger charge is -2.62. The topological polar surface area (TPSA) is 77.0 Å². The van der Waals surface area contributed by atoms with Crippen LogP contribution in [0.3, 0.4) is 0 Å². The number of phenolic OH excluding ortho intramolecular Hbond substituents is 1. The van der Waals surface area contributed by atoms with Gasteiger partial charge in [0.05, 0.1) is 0 Å². The first-order chi connectivity index (χ1) is 11.2. The molecule has 0 bridgehead atoms. The van der Waals surface area contributed by atoms with E-state index in [-0.39, 0.29) is 29.2 Å². The Labute approximate surface area is 144 Å². The van der Waals surface area contributed by atoms with E-state index in [1.807, 2.05) is 6.92 Å². The van der Waals surface area contributed by atoms with Gasteiger partial charge < -0.3 is 20.6 Å². The van der Waals surface area contributed by atoms with E-state index in [1.54, 1.807) is 12.1 Å². The van der Waals surface area contributed by atoms with Gasteiger partial charge in [0.1, 0.15) is 12.3 Å². The summed E-state index contributed by atoms with van der Waals surface area (Å²) in [5, 5.41) is 15.3. The number of amides is 1. The predicted molar refractivity (Wildman–Crippen MR) is 97.3 cm³/mol. The van der Waals surface area contributed by atoms with E-state index in [1.165, 1.54) is 12.1 Å². The highest BCUT2D eigenvalue weighted by atomic mass is 16.3. The standard InChI is InChI=1S/C18H28N4O2/c1-6-19-16(22-12-17(2,3)18(22,4)5)20-11-15(24)21-13-7-9-14(23)10-8-13/h7-10,23H,6,11-12H2,1-5H3,(H,19,20)(H,21,24). The van der Waals surface area contributed by atoms with E-state index in [0.29, 0.717) is 5.69 Å². The second-order valence-electron chi connectivity index (χ2n) is 7.29. The van der Waals surface area contributed by atoms with Crippen LogP contribution in [0.2, 0.25) is 0 Å². The lowest BCUT2D eigenvalue weighted by molar-refractivity contribution is -0.115. The molecule has 2 rings (SSSR count). The van der Waals surface area contributed by atoms with Crippen LogP contribution < -0.4 is 10.6 Å². The van der Waals surface area contributed by atoms with Crippen LogP contribution >= 0.6 is 0 Å². The molecule has 1 fully saturated rings. The number of hydrogen-bond donors (Lipinski definition) is 3. The summed E-state index contributed by atoms with van der Waals surface area (Å²) in [7, 11) is 0. The van der Waals surface area contributed by atoms with Crippen molar-refractivity contribution in [2.24, 2.45) is 10.4 Å². The number of nitrogens with zero attached hydrogens (tertiary/aromatic N) is 2. The maximum absolute atomic E-state index is 12.1. The Balaban J connectivity index is 2.01. The summed E-state index contributed by atoms with van der Waals surface area (Å²) in [6, 6.07) is 6.38. The number of phenols is 1. The maximum atomic E-state index is 12.1. The Morgan fingerprint density at radius 3 is 2.38 bits per heavy atom. The molecule has 3 N–H and O–H groups in total. The average Bonchev–Trinajstić information content (AvgIpc) is 2.51. The van der Waals surface area contributed by atoms with Crippen molar-refractivity contribution in [2.45, 2.75) is 40.2 Å². The van der Waals surface area contributed by atoms with E-state index in [9.17, 15) is 9.90 Å². The summed E-state index contributed by atoms with van der Waals surface area (Å²) in [4.78, 5) is 18.8. The number of rotatable bonds is 4. The van der Waals surface area contributed by atoms with Crippen molar-refractivity contribution < 1.29 is 9.90 Å². The van der Waals surface area contributed by atoms with Gasteiger partial charge in [-0.3, -0.25) is 4.79 Å². The number of benzene rings is 1. The summed E-state index contributed by atoms with van der Waals surface area (Å²) < 4.78 is 0. The van der Waals surface area contributed by atoms with Crippen molar-refractivity contribution >= 4 is 17.6 Å². The molecular weight excluding hydrogens is 304 g/mol. The third-order valence-corrected chi connectivity index (χ3v) is 5.00. The zero-order chi connectivity index (χ0) is 18.0. The third kappa shape index (κ3) is 3.63. The first-order valence-electron chi connectivity index (χ1n) is 8.32. The van der Waals surface area contributed by atoms with Crippen LogP contribution in [0.5, 0.6) is 5.75 Å². The number of anilines is 1. The molecule has 0 aromatic heterocycles. The second-order valence-corrected chi connectivity index (χ2v) is 7.29. The number of carbonyl (C=O) groups excluding carboxylic acids is 1. The van der Waals surface area contributed by atoms with Crippen molar-refractivity contribution in [3.63, 3.8) is 0 Å². The van der Waals surface area contributed by atoms with Crippen molar-refractivity contribution in [1.29, 1.82) is 0 Å². The SMILES string of the molecule is CCNC(=NCC(=O)Nc1ccc(O)cc1)N1CC(C)(C)C1(C)C. The predicted octanol–water partition coefficient (Wildman–Crippen LogP) is 2.42. The lowest BCUT2D eigenvalue weighted by atomic mass is 9.65. The minimum absolute atomic E-state index is 0.0125. The number of aromatic hydroxyl groups is 1. The van der Waals surface area contributed by atoms with Gasteiger partial charge in [-0.25, -0.2) is 4.99 Å². The van der Waals surface area contributed by atoms with Crippen LogP contribution in [0, 0.1) is 5.41 Å². The van der Waals surface area contributed by atoms with Crippen LogP contribution in [0.4, 0.5) is 5.69 Å². The number of guanidine groups is 1. The largest absolute Gasteiger partial charge is 0.508 e. The fraction of sp³-hybridized carbons (Fsp3) is 0.556. The number of carbonyl (C=O) groups is 1. The maximum Gasteiger partial charge on any atom is 0.246 e. The van der Waals surface area contributed by atoms with Crippen molar-refractivity contribution in [1.82, 2.24) is 10.2 Å². The molecule has 1 heterocycles. The molecule has 0 saturated carbocycles. The van der Waals surface area contributed by atoms with Gasteiger partial charge in [-0.2, -0.15) is 0 Å². The molecule has 0 aliphatic carbocycles. The summed E-state index contributed by atoms with van der Waals surface area (Å²) in [6.45, 7) is 12.6. The van der Waals surface area contributed by atoms with Crippen molar-refractivity contribution in [3.8, 4) is 5.75 Å². The summed E-state index contributed by atoms with van der Waals surface area (Å²) in [5.41, 5.74) is 0.835. The molecule has 1 amide bonds. The van der Waals surface area contributed by atoms with E-state index in [4.69, 9.17) is 0 Å². The molecule has 1 aliphatic heterocycles. The van der Waals surface area contributed by atoms with Crippen molar-refractivity contribution in [3.05, 3.63) is 24.3 Å². The normalized spacial score (nSPS) is 18.7. The van der Waals surface area contributed by atoms with Gasteiger partial charge in [0.15, 0.2) is 5.96 Å². The Morgan fingerprint density at radius 2 is 1.88 bits per heavy atom. The van der Waals surface area contributed by atoms with Gasteiger partial charge >= 0.3 is 0 Å². The Kier molecular flexibility index (Phi) is 5.06. The van der Waals surface area contributed by atoms with E-state index < -0.39 is 0 Å². The first-order valence-corrected chi connectivity index (χ1v) is 8.32. The van der Waals surface area contributed by atoms with Gasteiger partial charge in [-0.05, 0) is 45.0 Å². The molecule has 1 aliphatic rings. The van der Waals surface area contributed by atoms with Gasteiger partial charge in [0.2, 0.25) is 5.91 Å². The Hall–Kier alpha value is -2.24. The smallest absolute Gasteiger partial charge is 0.246 e. The zero-order valence-corrected chi connectivity index (χ0v) is 15.2. The molecule has 24 heavy (non-hydrogen) atoms. The van der Waals surface area contributed by atoms with Crippen LogP contribution in [0.15, 0.2) is 29.3 Å². The van der Waals surface area contributed by atoms with Crippen LogP contribution in [0.25, 0.3) is 0 Å². The summed E-state index contributed by atoms with van der Waals surface area (Å²) in [6.07, 6.45) is 0. The first kappa shape index (κ1) is 18.1. The summed E-state index contributed by atoms with van der Waals surface area (Å²) in [5.74, 6) is 0.749. The van der Waals surface area contributed by atoms with Gasteiger partial charge in [0, 0.05) is 29.7 Å². The molecule has 6 nitrogen and oxygen atoms in total. The molecule has 0 unspecified atom stereocenters. The van der Waals surface area contributed by atoms with Gasteiger partial charge in [-0.1, -0.05) is 13.8 Å². The van der Waals surface area contributed by atoms with E-state index >= 15 is 0 Å². The Bertz CT molecular complexity index is 620. The molecule has 1 aromatic carbocycles. The molecular formula is C18H28N4O2. The quantitative estimate of drug-likeness (QED) is 0.449. The number of nitrogens with one attached hydrogen (secondary N) is 2. The fourth-order valence-corrected chi connectivity index (χ4v) is 2.69. The number of hydrogen-bond acceptors (Lipinski definition) is 3. The molecule has 1 saturated heterocycles. The number of aliphatic imine (C=N–C) groups is 1. The third-order valence-electron chi connectivity index (χ3n) is 5.00. The highest BCUT2D eigenvalue weighted by Gasteiger charge is 2.53. The minimum Gasteiger partial charge on any atom is -0.508 e. The highest BCUT2D eigenvalue weighted by molar-refractivity contribution is 5.94.